The molecule has 0 atom stereocenters. The lowest BCUT2D eigenvalue weighted by Crippen LogP contribution is -2.20. The van der Waals surface area contributed by atoms with Crippen LogP contribution < -0.4 is 19.5 Å². The first-order valence-electron chi connectivity index (χ1n) is 8.67. The molecule has 0 radical (unpaired) electrons. The van der Waals surface area contributed by atoms with Gasteiger partial charge >= 0.3 is 0 Å². The number of carbonyl (C=O) groups is 1. The third kappa shape index (κ3) is 5.49. The van der Waals surface area contributed by atoms with Gasteiger partial charge in [-0.2, -0.15) is 0 Å². The largest absolute Gasteiger partial charge is 0.497 e. The molecule has 2 aromatic rings. The molecule has 1 N–H and O–H groups in total. The van der Waals surface area contributed by atoms with Crippen molar-refractivity contribution in [3.05, 3.63) is 48.0 Å². The van der Waals surface area contributed by atoms with Crippen LogP contribution in [0.25, 0.3) is 0 Å². The van der Waals surface area contributed by atoms with Gasteiger partial charge in [0.2, 0.25) is 0 Å². The van der Waals surface area contributed by atoms with Crippen LogP contribution in [0.4, 0.5) is 5.69 Å². The second-order valence-corrected chi connectivity index (χ2v) is 8.62. The van der Waals surface area contributed by atoms with E-state index in [1.54, 1.807) is 32.4 Å². The van der Waals surface area contributed by atoms with Crippen LogP contribution in [-0.2, 0) is 4.79 Å². The molecule has 144 valence electrons. The van der Waals surface area contributed by atoms with Gasteiger partial charge in [-0.3, -0.25) is 4.79 Å². The second kappa shape index (κ2) is 9.80. The molecule has 0 aromatic heterocycles. The Morgan fingerprint density at radius 2 is 1.74 bits per heavy atom. The summed E-state index contributed by atoms with van der Waals surface area (Å²) in [5, 5.41) is 2.79. The SMILES string of the molecule is COc1ccc(NC(=O)COc2ccc(C3SCCCS3)cc2)c(OC)c1. The van der Waals surface area contributed by atoms with Gasteiger partial charge in [-0.15, -0.1) is 23.5 Å². The fourth-order valence-electron chi connectivity index (χ4n) is 2.64. The van der Waals surface area contributed by atoms with Crippen molar-refractivity contribution < 1.29 is 19.0 Å². The molecule has 1 heterocycles. The first-order chi connectivity index (χ1) is 13.2. The quantitative estimate of drug-likeness (QED) is 0.727. The zero-order chi connectivity index (χ0) is 19.1. The van der Waals surface area contributed by atoms with E-state index in [1.807, 2.05) is 35.7 Å². The van der Waals surface area contributed by atoms with Crippen LogP contribution in [0.2, 0.25) is 0 Å². The van der Waals surface area contributed by atoms with Crippen molar-refractivity contribution in [2.75, 3.05) is 37.6 Å². The molecule has 0 unspecified atom stereocenters. The van der Waals surface area contributed by atoms with Crippen molar-refractivity contribution >= 4 is 35.1 Å². The molecule has 0 bridgehead atoms. The number of amides is 1. The van der Waals surface area contributed by atoms with E-state index in [2.05, 4.69) is 17.4 Å². The molecular formula is C20H23NO4S2. The number of hydrogen-bond acceptors (Lipinski definition) is 6. The average Bonchev–Trinajstić information content (AvgIpc) is 2.73. The highest BCUT2D eigenvalue weighted by Gasteiger charge is 2.16. The summed E-state index contributed by atoms with van der Waals surface area (Å²) in [5.74, 6) is 4.06. The molecule has 27 heavy (non-hydrogen) atoms. The lowest BCUT2D eigenvalue weighted by atomic mass is 10.2. The Morgan fingerprint density at radius 3 is 2.41 bits per heavy atom. The maximum absolute atomic E-state index is 12.2. The monoisotopic (exact) mass is 405 g/mol. The van der Waals surface area contributed by atoms with Crippen molar-refractivity contribution in [3.8, 4) is 17.2 Å². The molecule has 1 saturated heterocycles. The first-order valence-corrected chi connectivity index (χ1v) is 10.8. The van der Waals surface area contributed by atoms with Crippen LogP contribution in [0.15, 0.2) is 42.5 Å². The molecule has 5 nitrogen and oxygen atoms in total. The van der Waals surface area contributed by atoms with E-state index in [9.17, 15) is 4.79 Å². The first kappa shape index (κ1) is 19.8. The van der Waals surface area contributed by atoms with Crippen LogP contribution in [0.1, 0.15) is 16.6 Å². The van der Waals surface area contributed by atoms with Gasteiger partial charge in [0.05, 0.1) is 24.5 Å². The number of rotatable bonds is 7. The number of nitrogens with one attached hydrogen (secondary N) is 1. The summed E-state index contributed by atoms with van der Waals surface area (Å²) in [6.45, 7) is -0.0680. The minimum absolute atomic E-state index is 0.0680. The fraction of sp³-hybridized carbons (Fsp3) is 0.350. The lowest BCUT2D eigenvalue weighted by Gasteiger charge is -2.21. The standard InChI is InChI=1S/C20H23NO4S2/c1-23-16-8-9-17(18(12-16)24-2)21-19(22)13-25-15-6-4-14(5-7-15)20-26-10-3-11-27-20/h4-9,12,20H,3,10-11,13H2,1-2H3,(H,21,22). The minimum atomic E-state index is -0.249. The van der Waals surface area contributed by atoms with Crippen LogP contribution in [0.3, 0.4) is 0 Å². The Kier molecular flexibility index (Phi) is 7.18. The lowest BCUT2D eigenvalue weighted by molar-refractivity contribution is -0.118. The van der Waals surface area contributed by atoms with Crippen LogP contribution in [-0.4, -0.2) is 38.2 Å². The predicted molar refractivity (Wildman–Crippen MR) is 112 cm³/mol. The van der Waals surface area contributed by atoms with Gasteiger partial charge in [-0.25, -0.2) is 0 Å². The highest BCUT2D eigenvalue weighted by Crippen LogP contribution is 2.43. The smallest absolute Gasteiger partial charge is 0.262 e. The molecule has 7 heteroatoms. The summed E-state index contributed by atoms with van der Waals surface area (Å²) in [6.07, 6.45) is 1.28. The molecule has 0 saturated carbocycles. The maximum atomic E-state index is 12.2. The number of benzene rings is 2. The average molecular weight is 406 g/mol. The highest BCUT2D eigenvalue weighted by molar-refractivity contribution is 8.16. The third-order valence-electron chi connectivity index (χ3n) is 4.03. The van der Waals surface area contributed by atoms with Crippen LogP contribution in [0, 0.1) is 0 Å². The Labute approximate surface area is 168 Å². The van der Waals surface area contributed by atoms with Crippen molar-refractivity contribution in [2.24, 2.45) is 0 Å². The van der Waals surface area contributed by atoms with Gasteiger partial charge < -0.3 is 19.5 Å². The van der Waals surface area contributed by atoms with E-state index in [0.717, 1.165) is 0 Å². The molecule has 1 aliphatic rings. The summed E-state index contributed by atoms with van der Waals surface area (Å²) < 4.78 is 16.5. The van der Waals surface area contributed by atoms with E-state index in [0.29, 0.717) is 27.5 Å². The van der Waals surface area contributed by atoms with Crippen LogP contribution in [0.5, 0.6) is 17.2 Å². The normalized spacial score (nSPS) is 14.4. The predicted octanol–water partition coefficient (Wildman–Crippen LogP) is 4.59. The minimum Gasteiger partial charge on any atom is -0.497 e. The Hall–Kier alpha value is -1.99. The van der Waals surface area contributed by atoms with Crippen molar-refractivity contribution in [2.45, 2.75) is 11.0 Å². The third-order valence-corrected chi connectivity index (χ3v) is 7.05. The molecule has 1 aliphatic heterocycles. The number of carbonyl (C=O) groups excluding carboxylic acids is 1. The number of ether oxygens (including phenoxy) is 3. The fourth-order valence-corrected chi connectivity index (χ4v) is 5.53. The summed E-state index contributed by atoms with van der Waals surface area (Å²) >= 11 is 3.97. The number of methoxy groups -OCH3 is 2. The van der Waals surface area contributed by atoms with E-state index >= 15 is 0 Å². The summed E-state index contributed by atoms with van der Waals surface area (Å²) in [6, 6.07) is 13.2. The highest BCUT2D eigenvalue weighted by atomic mass is 32.2. The number of anilines is 1. The van der Waals surface area contributed by atoms with Crippen molar-refractivity contribution in [1.29, 1.82) is 0 Å². The van der Waals surface area contributed by atoms with Gasteiger partial charge in [0.25, 0.3) is 5.91 Å². The molecular weight excluding hydrogens is 382 g/mol. The summed E-state index contributed by atoms with van der Waals surface area (Å²) in [4.78, 5) is 12.2. The van der Waals surface area contributed by atoms with Crippen molar-refractivity contribution in [1.82, 2.24) is 0 Å². The van der Waals surface area contributed by atoms with E-state index in [1.165, 1.54) is 23.5 Å². The Balaban J connectivity index is 1.53. The van der Waals surface area contributed by atoms with Gasteiger partial charge in [-0.1, -0.05) is 12.1 Å². The zero-order valence-corrected chi connectivity index (χ0v) is 17.0. The molecule has 1 fully saturated rings. The molecule has 0 aliphatic carbocycles. The zero-order valence-electron chi connectivity index (χ0n) is 15.4. The van der Waals surface area contributed by atoms with E-state index in [4.69, 9.17) is 14.2 Å². The van der Waals surface area contributed by atoms with Gasteiger partial charge in [-0.05, 0) is 47.8 Å². The van der Waals surface area contributed by atoms with E-state index in [-0.39, 0.29) is 12.5 Å². The molecule has 2 aromatic carbocycles. The molecule has 0 spiro atoms. The molecule has 1 amide bonds. The van der Waals surface area contributed by atoms with Gasteiger partial charge in [0, 0.05) is 6.07 Å². The van der Waals surface area contributed by atoms with Gasteiger partial charge in [0.1, 0.15) is 17.2 Å². The van der Waals surface area contributed by atoms with E-state index < -0.39 is 0 Å². The topological polar surface area (TPSA) is 56.8 Å². The summed E-state index contributed by atoms with van der Waals surface area (Å²) in [7, 11) is 3.13. The Morgan fingerprint density at radius 1 is 1.04 bits per heavy atom. The molecule has 3 rings (SSSR count). The van der Waals surface area contributed by atoms with Crippen LogP contribution >= 0.6 is 23.5 Å². The number of thioether (sulfide) groups is 2. The maximum Gasteiger partial charge on any atom is 0.262 e. The van der Waals surface area contributed by atoms with Crippen molar-refractivity contribution in [3.63, 3.8) is 0 Å². The number of hydrogen-bond donors (Lipinski definition) is 1. The van der Waals surface area contributed by atoms with Gasteiger partial charge in [0.15, 0.2) is 6.61 Å². The Bertz CT molecular complexity index is 761. The second-order valence-electron chi connectivity index (χ2n) is 5.90. The summed E-state index contributed by atoms with van der Waals surface area (Å²) in [5.41, 5.74) is 1.87.